The van der Waals surface area contributed by atoms with Crippen LogP contribution in [-0.4, -0.2) is 61.5 Å². The van der Waals surface area contributed by atoms with Crippen molar-refractivity contribution in [3.05, 3.63) is 0 Å². The lowest BCUT2D eigenvalue weighted by Crippen LogP contribution is -2.50. The van der Waals surface area contributed by atoms with Gasteiger partial charge in [0.1, 0.15) is 0 Å². The highest BCUT2D eigenvalue weighted by Gasteiger charge is 2.28. The Morgan fingerprint density at radius 3 is 2.65 bits per heavy atom. The number of nitrogens with one attached hydrogen (secondary N) is 1. The summed E-state index contributed by atoms with van der Waals surface area (Å²) in [5.41, 5.74) is 0. The minimum absolute atomic E-state index is 0.247. The van der Waals surface area contributed by atoms with Crippen molar-refractivity contribution in [2.24, 2.45) is 5.92 Å². The fourth-order valence-corrected chi connectivity index (χ4v) is 3.23. The molecule has 1 saturated heterocycles. The second kappa shape index (κ2) is 10.6. The van der Waals surface area contributed by atoms with Gasteiger partial charge in [-0.25, -0.2) is 0 Å². The van der Waals surface area contributed by atoms with Crippen LogP contribution < -0.4 is 5.32 Å². The Kier molecular flexibility index (Phi) is 9.44. The normalized spacial score (nSPS) is 23.7. The summed E-state index contributed by atoms with van der Waals surface area (Å²) < 4.78 is 5.69. The van der Waals surface area contributed by atoms with Crippen LogP contribution in [-0.2, 0) is 4.74 Å². The summed E-state index contributed by atoms with van der Waals surface area (Å²) in [5.74, 6) is 0.544. The van der Waals surface area contributed by atoms with E-state index in [1.165, 1.54) is 6.42 Å². The Bertz CT molecular complexity index is 235. The number of rotatable bonds is 10. The third kappa shape index (κ3) is 5.68. The van der Waals surface area contributed by atoms with Crippen molar-refractivity contribution >= 4 is 0 Å². The van der Waals surface area contributed by atoms with Gasteiger partial charge in [0.2, 0.25) is 0 Å². The van der Waals surface area contributed by atoms with Crippen LogP contribution in [0.25, 0.3) is 0 Å². The number of hydrogen-bond donors (Lipinski definition) is 2. The quantitative estimate of drug-likeness (QED) is 0.643. The van der Waals surface area contributed by atoms with E-state index in [9.17, 15) is 5.11 Å². The number of aliphatic hydroxyl groups excluding tert-OH is 1. The maximum atomic E-state index is 9.32. The molecule has 2 atom stereocenters. The predicted molar refractivity (Wildman–Crippen MR) is 84.0 cm³/mol. The predicted octanol–water partition coefficient (Wildman–Crippen LogP) is 1.87. The van der Waals surface area contributed by atoms with Crippen molar-refractivity contribution in [1.29, 1.82) is 0 Å². The third-order valence-electron chi connectivity index (χ3n) is 4.45. The molecule has 0 aromatic rings. The highest BCUT2D eigenvalue weighted by atomic mass is 16.5. The lowest BCUT2D eigenvalue weighted by molar-refractivity contribution is 0.00617. The van der Waals surface area contributed by atoms with Gasteiger partial charge in [0, 0.05) is 37.7 Å². The molecule has 0 aromatic carbocycles. The zero-order valence-electron chi connectivity index (χ0n) is 13.6. The fraction of sp³-hybridized carbons (Fsp3) is 1.00. The van der Waals surface area contributed by atoms with Crippen molar-refractivity contribution in [3.63, 3.8) is 0 Å². The van der Waals surface area contributed by atoms with Crippen LogP contribution in [0.2, 0.25) is 0 Å². The molecule has 1 aliphatic rings. The van der Waals surface area contributed by atoms with Crippen LogP contribution in [0.15, 0.2) is 0 Å². The molecule has 0 radical (unpaired) electrons. The Morgan fingerprint density at radius 1 is 1.30 bits per heavy atom. The molecule has 0 amide bonds. The molecule has 0 saturated carbocycles. The molecule has 1 aliphatic heterocycles. The lowest BCUT2D eigenvalue weighted by Gasteiger charge is -2.38. The zero-order chi connectivity index (χ0) is 14.8. The summed E-state index contributed by atoms with van der Waals surface area (Å²) in [6, 6.07) is 1.15. The molecule has 0 aliphatic carbocycles. The molecule has 0 bridgehead atoms. The van der Waals surface area contributed by atoms with E-state index in [1.54, 1.807) is 0 Å². The first-order chi connectivity index (χ1) is 9.76. The number of nitrogens with zero attached hydrogens (tertiary/aromatic N) is 1. The molecule has 2 unspecified atom stereocenters. The second-order valence-corrected chi connectivity index (χ2v) is 5.87. The SMILES string of the molecule is CCCNC1CCOCC1CN(CCO)C(CC)CC. The highest BCUT2D eigenvalue weighted by Crippen LogP contribution is 2.19. The molecular weight excluding hydrogens is 252 g/mol. The standard InChI is InChI=1S/C16H34N2O2/c1-4-8-17-16-7-11-20-13-14(16)12-18(9-10-19)15(5-2)6-3/h14-17,19H,4-13H2,1-3H3. The molecule has 4 nitrogen and oxygen atoms in total. The smallest absolute Gasteiger partial charge is 0.0558 e. The molecular formula is C16H34N2O2. The summed E-state index contributed by atoms with van der Waals surface area (Å²) in [6.07, 6.45) is 4.59. The van der Waals surface area contributed by atoms with Crippen LogP contribution in [0.1, 0.15) is 46.5 Å². The number of aliphatic hydroxyl groups is 1. The molecule has 1 fully saturated rings. The molecule has 1 rings (SSSR count). The minimum Gasteiger partial charge on any atom is -0.395 e. The maximum absolute atomic E-state index is 9.32. The summed E-state index contributed by atoms with van der Waals surface area (Å²) in [7, 11) is 0. The molecule has 120 valence electrons. The molecule has 0 spiro atoms. The van der Waals surface area contributed by atoms with Gasteiger partial charge in [0.15, 0.2) is 0 Å². The largest absolute Gasteiger partial charge is 0.395 e. The van der Waals surface area contributed by atoms with Gasteiger partial charge >= 0.3 is 0 Å². The van der Waals surface area contributed by atoms with Gasteiger partial charge in [-0.05, 0) is 32.2 Å². The molecule has 20 heavy (non-hydrogen) atoms. The summed E-state index contributed by atoms with van der Waals surface area (Å²) in [4.78, 5) is 2.46. The Balaban J connectivity index is 2.58. The topological polar surface area (TPSA) is 44.7 Å². The van der Waals surface area contributed by atoms with Crippen LogP contribution in [0, 0.1) is 5.92 Å². The van der Waals surface area contributed by atoms with Crippen LogP contribution in [0.5, 0.6) is 0 Å². The molecule has 1 heterocycles. The minimum atomic E-state index is 0.247. The summed E-state index contributed by atoms with van der Waals surface area (Å²) in [6.45, 7) is 11.6. The van der Waals surface area contributed by atoms with E-state index >= 15 is 0 Å². The Labute approximate surface area is 124 Å². The monoisotopic (exact) mass is 286 g/mol. The van der Waals surface area contributed by atoms with Crippen LogP contribution in [0.3, 0.4) is 0 Å². The van der Waals surface area contributed by atoms with Crippen molar-refractivity contribution in [2.45, 2.75) is 58.5 Å². The zero-order valence-corrected chi connectivity index (χ0v) is 13.6. The van der Waals surface area contributed by atoms with Gasteiger partial charge in [0.05, 0.1) is 13.2 Å². The number of ether oxygens (including phenoxy) is 1. The van der Waals surface area contributed by atoms with Crippen molar-refractivity contribution in [1.82, 2.24) is 10.2 Å². The first-order valence-corrected chi connectivity index (χ1v) is 8.42. The van der Waals surface area contributed by atoms with E-state index in [1.807, 2.05) is 0 Å². The fourth-order valence-electron chi connectivity index (χ4n) is 3.23. The first-order valence-electron chi connectivity index (χ1n) is 8.42. The summed E-state index contributed by atoms with van der Waals surface area (Å²) >= 11 is 0. The summed E-state index contributed by atoms with van der Waals surface area (Å²) in [5, 5.41) is 13.0. The van der Waals surface area contributed by atoms with Gasteiger partial charge in [-0.3, -0.25) is 4.90 Å². The second-order valence-electron chi connectivity index (χ2n) is 5.87. The van der Waals surface area contributed by atoms with E-state index in [2.05, 4.69) is 31.0 Å². The van der Waals surface area contributed by atoms with E-state index in [-0.39, 0.29) is 6.61 Å². The average Bonchev–Trinajstić information content (AvgIpc) is 2.48. The highest BCUT2D eigenvalue weighted by molar-refractivity contribution is 4.83. The van der Waals surface area contributed by atoms with Gasteiger partial charge in [-0.1, -0.05) is 20.8 Å². The third-order valence-corrected chi connectivity index (χ3v) is 4.45. The first kappa shape index (κ1) is 17.9. The Hall–Kier alpha value is -0.160. The molecule has 2 N–H and O–H groups in total. The van der Waals surface area contributed by atoms with Crippen LogP contribution in [0.4, 0.5) is 0 Å². The van der Waals surface area contributed by atoms with E-state index in [0.717, 1.165) is 52.1 Å². The molecule has 0 aromatic heterocycles. The van der Waals surface area contributed by atoms with Gasteiger partial charge in [-0.15, -0.1) is 0 Å². The average molecular weight is 286 g/mol. The molecule has 4 heteroatoms. The van der Waals surface area contributed by atoms with Gasteiger partial charge in [0.25, 0.3) is 0 Å². The Morgan fingerprint density at radius 2 is 2.05 bits per heavy atom. The van der Waals surface area contributed by atoms with Crippen molar-refractivity contribution in [3.8, 4) is 0 Å². The number of hydrogen-bond acceptors (Lipinski definition) is 4. The maximum Gasteiger partial charge on any atom is 0.0558 e. The van der Waals surface area contributed by atoms with Gasteiger partial charge in [-0.2, -0.15) is 0 Å². The van der Waals surface area contributed by atoms with E-state index in [4.69, 9.17) is 4.74 Å². The van der Waals surface area contributed by atoms with Crippen LogP contribution >= 0.6 is 0 Å². The van der Waals surface area contributed by atoms with Crippen molar-refractivity contribution in [2.75, 3.05) is 39.5 Å². The van der Waals surface area contributed by atoms with E-state index < -0.39 is 0 Å². The lowest BCUT2D eigenvalue weighted by atomic mass is 9.94. The van der Waals surface area contributed by atoms with Crippen molar-refractivity contribution < 1.29 is 9.84 Å². The van der Waals surface area contributed by atoms with Gasteiger partial charge < -0.3 is 15.2 Å². The van der Waals surface area contributed by atoms with E-state index in [0.29, 0.717) is 18.0 Å².